The molecule has 0 aliphatic rings. The lowest BCUT2D eigenvalue weighted by Crippen LogP contribution is -2.29. The molecule has 0 spiro atoms. The van der Waals surface area contributed by atoms with Crippen LogP contribution in [0.1, 0.15) is 5.56 Å². The van der Waals surface area contributed by atoms with Gasteiger partial charge < -0.3 is 5.32 Å². The van der Waals surface area contributed by atoms with Gasteiger partial charge in [-0.15, -0.1) is 0 Å². The predicted octanol–water partition coefficient (Wildman–Crippen LogP) is 1.09. The van der Waals surface area contributed by atoms with Gasteiger partial charge in [0.2, 0.25) is 0 Å². The van der Waals surface area contributed by atoms with Crippen LogP contribution in [0.4, 0.5) is 10.1 Å². The molecule has 108 valence electrons. The molecule has 0 fully saturated rings. The highest BCUT2D eigenvalue weighted by atomic mass is 32.2. The van der Waals surface area contributed by atoms with E-state index in [1.165, 1.54) is 31.4 Å². The van der Waals surface area contributed by atoms with E-state index in [0.717, 1.165) is 4.31 Å². The molecule has 6 nitrogen and oxygen atoms in total. The van der Waals surface area contributed by atoms with E-state index in [1.54, 1.807) is 13.1 Å². The standard InChI is InChI=1S/C12H15FN4O2S/c1-14-7-9-8-15-16-12(9)20(18,19)17(2)11-6-4-3-5-10(11)13/h3-6,8,14H,7H2,1-2H3,(H,15,16). The number of anilines is 1. The van der Waals surface area contributed by atoms with Crippen molar-refractivity contribution < 1.29 is 12.8 Å². The molecule has 2 aromatic rings. The smallest absolute Gasteiger partial charge is 0.281 e. The number of nitrogens with zero attached hydrogens (tertiary/aromatic N) is 2. The van der Waals surface area contributed by atoms with Crippen LogP contribution < -0.4 is 9.62 Å². The van der Waals surface area contributed by atoms with Gasteiger partial charge in [0.15, 0.2) is 5.03 Å². The zero-order valence-electron chi connectivity index (χ0n) is 11.1. The van der Waals surface area contributed by atoms with Crippen LogP contribution in [0.5, 0.6) is 0 Å². The van der Waals surface area contributed by atoms with Crippen molar-refractivity contribution in [1.82, 2.24) is 15.5 Å². The van der Waals surface area contributed by atoms with Gasteiger partial charge in [0.25, 0.3) is 10.0 Å². The van der Waals surface area contributed by atoms with E-state index in [9.17, 15) is 12.8 Å². The summed E-state index contributed by atoms with van der Waals surface area (Å²) in [6.07, 6.45) is 1.43. The molecule has 2 rings (SSSR count). The van der Waals surface area contributed by atoms with Crippen molar-refractivity contribution in [2.24, 2.45) is 0 Å². The van der Waals surface area contributed by atoms with E-state index in [0.29, 0.717) is 12.1 Å². The van der Waals surface area contributed by atoms with Crippen LogP contribution in [0.25, 0.3) is 0 Å². The molecule has 1 aromatic carbocycles. The number of para-hydroxylation sites is 1. The first-order chi connectivity index (χ1) is 9.48. The van der Waals surface area contributed by atoms with Crippen molar-refractivity contribution in [3.05, 3.63) is 41.8 Å². The first kappa shape index (κ1) is 14.5. The SMILES string of the molecule is CNCc1cn[nH]c1S(=O)(=O)N(C)c1ccccc1F. The Kier molecular flexibility index (Phi) is 4.05. The van der Waals surface area contributed by atoms with Gasteiger partial charge in [-0.25, -0.2) is 4.39 Å². The molecule has 0 radical (unpaired) electrons. The minimum Gasteiger partial charge on any atom is -0.316 e. The molecule has 0 aliphatic heterocycles. The summed E-state index contributed by atoms with van der Waals surface area (Å²) in [6, 6.07) is 5.69. The predicted molar refractivity (Wildman–Crippen MR) is 73.3 cm³/mol. The van der Waals surface area contributed by atoms with Crippen LogP contribution in [-0.4, -0.2) is 32.7 Å². The normalized spacial score (nSPS) is 11.6. The fourth-order valence-corrected chi connectivity index (χ4v) is 3.12. The summed E-state index contributed by atoms with van der Waals surface area (Å²) in [5, 5.41) is 9.01. The van der Waals surface area contributed by atoms with Crippen molar-refractivity contribution in [3.8, 4) is 0 Å². The van der Waals surface area contributed by atoms with Gasteiger partial charge in [0.1, 0.15) is 5.82 Å². The Morgan fingerprint density at radius 2 is 2.10 bits per heavy atom. The van der Waals surface area contributed by atoms with Crippen LogP contribution in [0.2, 0.25) is 0 Å². The van der Waals surface area contributed by atoms with Gasteiger partial charge in [0, 0.05) is 19.2 Å². The molecule has 0 bridgehead atoms. The second-order valence-electron chi connectivity index (χ2n) is 4.18. The lowest BCUT2D eigenvalue weighted by Gasteiger charge is -2.19. The summed E-state index contributed by atoms with van der Waals surface area (Å²) in [5.41, 5.74) is 0.480. The first-order valence-corrected chi connectivity index (χ1v) is 7.32. The fraction of sp³-hybridized carbons (Fsp3) is 0.250. The fourth-order valence-electron chi connectivity index (χ4n) is 1.81. The number of hydrogen-bond acceptors (Lipinski definition) is 4. The van der Waals surface area contributed by atoms with Crippen molar-refractivity contribution in [3.63, 3.8) is 0 Å². The van der Waals surface area contributed by atoms with Crippen LogP contribution in [0.3, 0.4) is 0 Å². The number of aromatic amines is 1. The number of hydrogen-bond donors (Lipinski definition) is 2. The highest BCUT2D eigenvalue weighted by molar-refractivity contribution is 7.92. The summed E-state index contributed by atoms with van der Waals surface area (Å²) >= 11 is 0. The van der Waals surface area contributed by atoms with E-state index in [-0.39, 0.29) is 10.7 Å². The molecule has 2 N–H and O–H groups in total. The minimum atomic E-state index is -3.89. The summed E-state index contributed by atoms with van der Waals surface area (Å²) in [5.74, 6) is -0.603. The number of benzene rings is 1. The molecule has 0 saturated heterocycles. The van der Waals surface area contributed by atoms with Gasteiger partial charge >= 0.3 is 0 Å². The minimum absolute atomic E-state index is 0.0162. The molecule has 20 heavy (non-hydrogen) atoms. The topological polar surface area (TPSA) is 78.1 Å². The van der Waals surface area contributed by atoms with E-state index < -0.39 is 15.8 Å². The zero-order valence-corrected chi connectivity index (χ0v) is 11.9. The number of halogens is 1. The zero-order chi connectivity index (χ0) is 14.8. The first-order valence-electron chi connectivity index (χ1n) is 5.88. The number of H-pyrrole nitrogens is 1. The van der Waals surface area contributed by atoms with E-state index in [4.69, 9.17) is 0 Å². The second kappa shape index (κ2) is 5.59. The molecule has 0 unspecified atom stereocenters. The van der Waals surface area contributed by atoms with Gasteiger partial charge in [-0.3, -0.25) is 9.40 Å². The van der Waals surface area contributed by atoms with Gasteiger partial charge in [-0.05, 0) is 19.2 Å². The third-order valence-corrected chi connectivity index (χ3v) is 4.64. The number of sulfonamides is 1. The molecular formula is C12H15FN4O2S. The third-order valence-electron chi connectivity index (χ3n) is 2.86. The maximum atomic E-state index is 13.7. The molecule has 1 heterocycles. The van der Waals surface area contributed by atoms with E-state index in [1.807, 2.05) is 0 Å². The average molecular weight is 298 g/mol. The largest absolute Gasteiger partial charge is 0.316 e. The monoisotopic (exact) mass is 298 g/mol. The Balaban J connectivity index is 2.45. The highest BCUT2D eigenvalue weighted by Crippen LogP contribution is 2.25. The molecule has 1 aromatic heterocycles. The molecule has 0 saturated carbocycles. The second-order valence-corrected chi connectivity index (χ2v) is 6.08. The highest BCUT2D eigenvalue weighted by Gasteiger charge is 2.27. The van der Waals surface area contributed by atoms with Gasteiger partial charge in [-0.2, -0.15) is 13.5 Å². The van der Waals surface area contributed by atoms with Crippen molar-refractivity contribution >= 4 is 15.7 Å². The summed E-state index contributed by atoms with van der Waals surface area (Å²) < 4.78 is 39.6. The van der Waals surface area contributed by atoms with Crippen molar-refractivity contribution in [2.45, 2.75) is 11.6 Å². The molecular weight excluding hydrogens is 283 g/mol. The van der Waals surface area contributed by atoms with Crippen LogP contribution in [-0.2, 0) is 16.6 Å². The number of nitrogens with one attached hydrogen (secondary N) is 2. The van der Waals surface area contributed by atoms with E-state index in [2.05, 4.69) is 15.5 Å². The Morgan fingerprint density at radius 1 is 1.40 bits per heavy atom. The van der Waals surface area contributed by atoms with Crippen molar-refractivity contribution in [2.75, 3.05) is 18.4 Å². The third kappa shape index (κ3) is 2.52. The Labute approximate surface area is 116 Å². The van der Waals surface area contributed by atoms with Crippen molar-refractivity contribution in [1.29, 1.82) is 0 Å². The molecule has 0 aliphatic carbocycles. The molecule has 0 amide bonds. The van der Waals surface area contributed by atoms with Gasteiger partial charge in [-0.1, -0.05) is 12.1 Å². The number of aromatic nitrogens is 2. The van der Waals surface area contributed by atoms with Crippen LogP contribution >= 0.6 is 0 Å². The summed E-state index contributed by atoms with van der Waals surface area (Å²) in [6.45, 7) is 0.343. The maximum Gasteiger partial charge on any atom is 0.281 e. The number of rotatable bonds is 5. The maximum absolute atomic E-state index is 13.7. The molecule has 8 heteroatoms. The average Bonchev–Trinajstić information content (AvgIpc) is 2.88. The Hall–Kier alpha value is -1.93. The van der Waals surface area contributed by atoms with E-state index >= 15 is 0 Å². The summed E-state index contributed by atoms with van der Waals surface area (Å²) in [4.78, 5) is 0. The molecule has 0 atom stereocenters. The Morgan fingerprint density at radius 3 is 2.75 bits per heavy atom. The lowest BCUT2D eigenvalue weighted by molar-refractivity contribution is 0.584. The lowest BCUT2D eigenvalue weighted by atomic mass is 10.3. The van der Waals surface area contributed by atoms with Gasteiger partial charge in [0.05, 0.1) is 11.9 Å². The van der Waals surface area contributed by atoms with Crippen LogP contribution in [0, 0.1) is 5.82 Å². The summed E-state index contributed by atoms with van der Waals surface area (Å²) in [7, 11) is -0.887. The van der Waals surface area contributed by atoms with Crippen LogP contribution in [0.15, 0.2) is 35.5 Å². The Bertz CT molecular complexity index is 699. The quantitative estimate of drug-likeness (QED) is 0.866.